The van der Waals surface area contributed by atoms with E-state index in [9.17, 15) is 14.4 Å². The third kappa shape index (κ3) is 3.41. The number of urea groups is 1. The molecule has 7 heteroatoms. The number of ether oxygens (including phenoxy) is 1. The predicted molar refractivity (Wildman–Crippen MR) is 94.0 cm³/mol. The Balaban J connectivity index is 2.39. The molecule has 7 nitrogen and oxygen atoms in total. The maximum Gasteiger partial charge on any atom is 0.354 e. The van der Waals surface area contributed by atoms with E-state index in [0.717, 1.165) is 12.8 Å². The van der Waals surface area contributed by atoms with Gasteiger partial charge in [-0.15, -0.1) is 0 Å². The summed E-state index contributed by atoms with van der Waals surface area (Å²) in [5, 5.41) is 2.78. The zero-order valence-electron chi connectivity index (χ0n) is 15.8. The third-order valence-corrected chi connectivity index (χ3v) is 4.86. The van der Waals surface area contributed by atoms with Gasteiger partial charge < -0.3 is 19.5 Å². The molecule has 138 valence electrons. The second-order valence-electron chi connectivity index (χ2n) is 6.50. The first kappa shape index (κ1) is 19.0. The lowest BCUT2D eigenvalue weighted by Gasteiger charge is -2.28. The first-order valence-corrected chi connectivity index (χ1v) is 8.60. The normalized spacial score (nSPS) is 14.8. The number of rotatable bonds is 6. The quantitative estimate of drug-likeness (QED) is 0.631. The van der Waals surface area contributed by atoms with E-state index < -0.39 is 12.0 Å². The molecular weight excluding hydrogens is 322 g/mol. The number of methoxy groups -OCH3 is 1. The number of nitrogens with zero attached hydrogens (tertiary/aromatic N) is 2. The summed E-state index contributed by atoms with van der Waals surface area (Å²) >= 11 is 0. The van der Waals surface area contributed by atoms with Gasteiger partial charge in [-0.2, -0.15) is 0 Å². The van der Waals surface area contributed by atoms with Gasteiger partial charge in [-0.05, 0) is 46.1 Å². The largest absolute Gasteiger partial charge is 0.464 e. The van der Waals surface area contributed by atoms with Gasteiger partial charge in [0.15, 0.2) is 5.78 Å². The van der Waals surface area contributed by atoms with Crippen molar-refractivity contribution in [3.8, 4) is 0 Å². The van der Waals surface area contributed by atoms with Gasteiger partial charge in [0.1, 0.15) is 5.69 Å². The first-order chi connectivity index (χ1) is 11.8. The van der Waals surface area contributed by atoms with Crippen molar-refractivity contribution < 1.29 is 19.1 Å². The number of carbonyl (C=O) groups excluding carboxylic acids is 3. The monoisotopic (exact) mass is 349 g/mol. The summed E-state index contributed by atoms with van der Waals surface area (Å²) in [4.78, 5) is 39.2. The highest BCUT2D eigenvalue weighted by molar-refractivity contribution is 6.06. The van der Waals surface area contributed by atoms with Gasteiger partial charge >= 0.3 is 12.0 Å². The van der Waals surface area contributed by atoms with Crippen molar-refractivity contribution in [1.82, 2.24) is 14.8 Å². The van der Waals surface area contributed by atoms with Crippen LogP contribution in [0.2, 0.25) is 0 Å². The van der Waals surface area contributed by atoms with Crippen LogP contribution >= 0.6 is 0 Å². The summed E-state index contributed by atoms with van der Waals surface area (Å²) in [6, 6.07) is -0.704. The van der Waals surface area contributed by atoms with Gasteiger partial charge in [-0.1, -0.05) is 0 Å². The fourth-order valence-corrected chi connectivity index (χ4v) is 3.31. The number of aromatic nitrogens is 1. The Hall–Kier alpha value is -2.31. The molecule has 1 aliphatic rings. The zero-order chi connectivity index (χ0) is 18.9. The molecule has 1 atom stereocenters. The lowest BCUT2D eigenvalue weighted by atomic mass is 10.00. The molecule has 0 spiro atoms. The average molecular weight is 349 g/mol. The summed E-state index contributed by atoms with van der Waals surface area (Å²) in [7, 11) is 3.05. The number of ketones is 1. The van der Waals surface area contributed by atoms with Crippen molar-refractivity contribution in [2.75, 3.05) is 13.7 Å². The lowest BCUT2D eigenvalue weighted by Crippen LogP contribution is -2.49. The molecule has 2 amide bonds. The molecule has 1 saturated carbocycles. The second kappa shape index (κ2) is 7.29. The maximum absolute atomic E-state index is 13.2. The van der Waals surface area contributed by atoms with Crippen molar-refractivity contribution in [3.63, 3.8) is 0 Å². The van der Waals surface area contributed by atoms with Crippen LogP contribution in [0.25, 0.3) is 0 Å². The molecule has 0 aliphatic heterocycles. The first-order valence-electron chi connectivity index (χ1n) is 8.60. The van der Waals surface area contributed by atoms with E-state index in [1.807, 2.05) is 6.92 Å². The Morgan fingerprint density at radius 3 is 2.40 bits per heavy atom. The topological polar surface area (TPSA) is 80.6 Å². The minimum atomic E-state index is -0.593. The smallest absolute Gasteiger partial charge is 0.354 e. The van der Waals surface area contributed by atoms with Crippen molar-refractivity contribution in [1.29, 1.82) is 0 Å². The molecular formula is C18H27N3O4. The minimum absolute atomic E-state index is 0.106. The van der Waals surface area contributed by atoms with Crippen LogP contribution < -0.4 is 5.32 Å². The number of Topliss-reactive ketones (excluding diaryl/α,β-unsaturated/α-hetero) is 1. The maximum atomic E-state index is 13.2. The fraction of sp³-hybridized carbons (Fsp3) is 0.611. The Labute approximate surface area is 148 Å². The number of nitrogens with one attached hydrogen (secondary N) is 1. The van der Waals surface area contributed by atoms with E-state index in [2.05, 4.69) is 5.32 Å². The third-order valence-electron chi connectivity index (χ3n) is 4.86. The van der Waals surface area contributed by atoms with Gasteiger partial charge in [-0.3, -0.25) is 4.79 Å². The Bertz CT molecular complexity index is 704. The zero-order valence-corrected chi connectivity index (χ0v) is 15.8. The molecule has 1 heterocycles. The minimum Gasteiger partial charge on any atom is -0.464 e. The average Bonchev–Trinajstić information content (AvgIpc) is 3.36. The molecule has 0 bridgehead atoms. The number of carbonyl (C=O) groups is 3. The van der Waals surface area contributed by atoms with Crippen LogP contribution in [0, 0.1) is 13.8 Å². The van der Waals surface area contributed by atoms with E-state index in [1.165, 1.54) is 7.11 Å². The standard InChI is InChI=1S/C18H27N3O4/c1-7-19-18(24)21(13-8-9-13)12(4)16(22)14-10(2)15(17(23)25-6)20(5)11(14)3/h12-13H,7-9H2,1-6H3,(H,19,24). The van der Waals surface area contributed by atoms with Gasteiger partial charge in [-0.25, -0.2) is 9.59 Å². The molecule has 1 aromatic heterocycles. The summed E-state index contributed by atoms with van der Waals surface area (Å²) in [5.74, 6) is -0.628. The molecule has 0 saturated heterocycles. The molecule has 25 heavy (non-hydrogen) atoms. The number of amides is 2. The molecule has 1 fully saturated rings. The predicted octanol–water partition coefficient (Wildman–Crippen LogP) is 2.19. The van der Waals surface area contributed by atoms with E-state index in [0.29, 0.717) is 29.1 Å². The Morgan fingerprint density at radius 2 is 1.92 bits per heavy atom. The summed E-state index contributed by atoms with van der Waals surface area (Å²) in [6.07, 6.45) is 1.82. The van der Waals surface area contributed by atoms with Crippen LogP contribution in [0.4, 0.5) is 4.79 Å². The van der Waals surface area contributed by atoms with Crippen LogP contribution in [0.15, 0.2) is 0 Å². The highest BCUT2D eigenvalue weighted by atomic mass is 16.5. The number of hydrogen-bond acceptors (Lipinski definition) is 4. The van der Waals surface area contributed by atoms with Crippen molar-refractivity contribution in [2.45, 2.75) is 52.6 Å². The van der Waals surface area contributed by atoms with Gasteiger partial charge in [0.25, 0.3) is 0 Å². The van der Waals surface area contributed by atoms with E-state index >= 15 is 0 Å². The van der Waals surface area contributed by atoms with E-state index in [4.69, 9.17) is 4.74 Å². The number of hydrogen-bond donors (Lipinski definition) is 1. The highest BCUT2D eigenvalue weighted by Crippen LogP contribution is 2.31. The SMILES string of the molecule is CCNC(=O)N(C1CC1)C(C)C(=O)c1c(C)c(C(=O)OC)n(C)c1C. The number of esters is 1. The molecule has 1 aromatic rings. The fourth-order valence-electron chi connectivity index (χ4n) is 3.31. The van der Waals surface area contributed by atoms with Gasteiger partial charge in [0, 0.05) is 30.9 Å². The van der Waals surface area contributed by atoms with Crippen LogP contribution in [0.1, 0.15) is 58.8 Å². The molecule has 0 aromatic carbocycles. The van der Waals surface area contributed by atoms with E-state index in [-0.39, 0.29) is 17.9 Å². The second-order valence-corrected chi connectivity index (χ2v) is 6.50. The Morgan fingerprint density at radius 1 is 1.32 bits per heavy atom. The highest BCUT2D eigenvalue weighted by Gasteiger charge is 2.40. The van der Waals surface area contributed by atoms with Crippen molar-refractivity contribution >= 4 is 17.8 Å². The van der Waals surface area contributed by atoms with Crippen LogP contribution in [0.5, 0.6) is 0 Å². The summed E-state index contributed by atoms with van der Waals surface area (Å²) in [5.41, 5.74) is 2.15. The van der Waals surface area contributed by atoms with Crippen molar-refractivity contribution in [2.24, 2.45) is 7.05 Å². The van der Waals surface area contributed by atoms with E-state index in [1.54, 1.807) is 37.3 Å². The van der Waals surface area contributed by atoms with Crippen molar-refractivity contribution in [3.05, 3.63) is 22.5 Å². The van der Waals surface area contributed by atoms with Crippen LogP contribution in [-0.4, -0.2) is 53.0 Å². The summed E-state index contributed by atoms with van der Waals surface area (Å²) < 4.78 is 6.50. The molecule has 1 aliphatic carbocycles. The summed E-state index contributed by atoms with van der Waals surface area (Å²) in [6.45, 7) is 7.65. The van der Waals surface area contributed by atoms with Crippen LogP contribution in [0.3, 0.4) is 0 Å². The van der Waals surface area contributed by atoms with Gasteiger partial charge in [0.2, 0.25) is 0 Å². The molecule has 1 unspecified atom stereocenters. The lowest BCUT2D eigenvalue weighted by molar-refractivity contribution is 0.0588. The van der Waals surface area contributed by atoms with Gasteiger partial charge in [0.05, 0.1) is 13.2 Å². The Kier molecular flexibility index (Phi) is 5.55. The molecule has 0 radical (unpaired) electrons. The molecule has 2 rings (SSSR count). The van der Waals surface area contributed by atoms with Crippen LogP contribution in [-0.2, 0) is 11.8 Å². The molecule has 1 N–H and O–H groups in total.